The van der Waals surface area contributed by atoms with E-state index >= 15 is 0 Å². The Morgan fingerprint density at radius 1 is 1.10 bits per heavy atom. The fourth-order valence-electron chi connectivity index (χ4n) is 3.53. The molecular weight excluding hydrogens is 445 g/mol. The maximum atomic E-state index is 12.9. The summed E-state index contributed by atoms with van der Waals surface area (Å²) in [7, 11) is -3.74. The first-order valence-corrected chi connectivity index (χ1v) is 12.0. The molecule has 1 heterocycles. The lowest BCUT2D eigenvalue weighted by molar-refractivity contribution is -0.117. The van der Waals surface area contributed by atoms with E-state index in [1.807, 2.05) is 30.0 Å². The monoisotopic (exact) mass is 469 g/mol. The third-order valence-corrected chi connectivity index (χ3v) is 7.83. The molecule has 3 rings (SSSR count). The molecule has 0 spiro atoms. The van der Waals surface area contributed by atoms with Crippen LogP contribution in [-0.4, -0.2) is 56.3 Å². The van der Waals surface area contributed by atoms with Crippen molar-refractivity contribution in [1.82, 2.24) is 9.21 Å². The van der Waals surface area contributed by atoms with Gasteiger partial charge in [-0.05, 0) is 42.7 Å². The van der Waals surface area contributed by atoms with Crippen LogP contribution >= 0.6 is 23.2 Å². The van der Waals surface area contributed by atoms with E-state index in [0.717, 1.165) is 23.2 Å². The summed E-state index contributed by atoms with van der Waals surface area (Å²) in [6.07, 6.45) is 0.833. The number of benzene rings is 2. The lowest BCUT2D eigenvalue weighted by Gasteiger charge is -2.33. The lowest BCUT2D eigenvalue weighted by Crippen LogP contribution is -2.50. The number of nitrogens with one attached hydrogen (secondary N) is 1. The second-order valence-corrected chi connectivity index (χ2v) is 10.0. The van der Waals surface area contributed by atoms with Crippen molar-refractivity contribution >= 4 is 44.8 Å². The molecule has 1 aliphatic heterocycles. The summed E-state index contributed by atoms with van der Waals surface area (Å²) in [4.78, 5) is 14.5. The van der Waals surface area contributed by atoms with Crippen LogP contribution in [0, 0.1) is 6.92 Å². The second kappa shape index (κ2) is 9.66. The quantitative estimate of drug-likeness (QED) is 0.697. The standard InChI is InChI=1S/C21H25Cl2N3O3S/c1-3-16-6-4-5-15(2)21(16)24-20(27)14-25-9-11-26(12-10-25)30(28,29)19-13-17(22)7-8-18(19)23/h4-8,13H,3,9-12,14H2,1-2H3,(H,24,27). The Kier molecular flexibility index (Phi) is 7.42. The summed E-state index contributed by atoms with van der Waals surface area (Å²) in [5.74, 6) is -0.104. The van der Waals surface area contributed by atoms with Crippen molar-refractivity contribution in [3.05, 3.63) is 57.6 Å². The van der Waals surface area contributed by atoms with E-state index < -0.39 is 10.0 Å². The first kappa shape index (κ1) is 23.0. The number of sulfonamides is 1. The van der Waals surface area contributed by atoms with E-state index in [1.165, 1.54) is 16.4 Å². The van der Waals surface area contributed by atoms with Crippen molar-refractivity contribution in [3.63, 3.8) is 0 Å². The van der Waals surface area contributed by atoms with Gasteiger partial charge in [0.15, 0.2) is 0 Å². The molecule has 1 N–H and O–H groups in total. The smallest absolute Gasteiger partial charge is 0.244 e. The van der Waals surface area contributed by atoms with Gasteiger partial charge < -0.3 is 5.32 Å². The Morgan fingerprint density at radius 2 is 1.80 bits per heavy atom. The Morgan fingerprint density at radius 3 is 2.47 bits per heavy atom. The summed E-state index contributed by atoms with van der Waals surface area (Å²) in [5, 5.41) is 3.47. The van der Waals surface area contributed by atoms with Gasteiger partial charge in [-0.2, -0.15) is 4.31 Å². The van der Waals surface area contributed by atoms with Gasteiger partial charge in [-0.3, -0.25) is 9.69 Å². The summed E-state index contributed by atoms with van der Waals surface area (Å²) >= 11 is 12.0. The van der Waals surface area contributed by atoms with Gasteiger partial charge in [0, 0.05) is 36.9 Å². The van der Waals surface area contributed by atoms with Gasteiger partial charge in [-0.25, -0.2) is 8.42 Å². The number of hydrogen-bond donors (Lipinski definition) is 1. The van der Waals surface area contributed by atoms with Gasteiger partial charge >= 0.3 is 0 Å². The van der Waals surface area contributed by atoms with Gasteiger partial charge in [0.1, 0.15) is 4.90 Å². The molecule has 1 aliphatic rings. The van der Waals surface area contributed by atoms with Crippen LogP contribution in [0.4, 0.5) is 5.69 Å². The molecule has 0 aliphatic carbocycles. The van der Waals surface area contributed by atoms with E-state index in [4.69, 9.17) is 23.2 Å². The van der Waals surface area contributed by atoms with Crippen LogP contribution in [0.2, 0.25) is 10.0 Å². The third kappa shape index (κ3) is 5.15. The predicted octanol–water partition coefficient (Wildman–Crippen LogP) is 3.81. The number of rotatable bonds is 6. The second-order valence-electron chi connectivity index (χ2n) is 7.27. The molecule has 162 valence electrons. The van der Waals surface area contributed by atoms with Crippen molar-refractivity contribution in [3.8, 4) is 0 Å². The highest BCUT2D eigenvalue weighted by molar-refractivity contribution is 7.89. The molecule has 0 aromatic heterocycles. The average Bonchev–Trinajstić information content (AvgIpc) is 2.71. The van der Waals surface area contributed by atoms with Crippen molar-refractivity contribution in [2.75, 3.05) is 38.0 Å². The molecule has 1 amide bonds. The highest BCUT2D eigenvalue weighted by Crippen LogP contribution is 2.28. The topological polar surface area (TPSA) is 69.7 Å². The number of halogens is 2. The molecule has 0 bridgehead atoms. The summed E-state index contributed by atoms with van der Waals surface area (Å²) in [5.41, 5.74) is 2.98. The molecule has 0 saturated carbocycles. The highest BCUT2D eigenvalue weighted by atomic mass is 35.5. The van der Waals surface area contributed by atoms with Crippen LogP contribution in [0.5, 0.6) is 0 Å². The minimum Gasteiger partial charge on any atom is -0.324 e. The minimum atomic E-state index is -3.74. The Labute approximate surface area is 187 Å². The number of carbonyl (C=O) groups excluding carboxylic acids is 1. The van der Waals surface area contributed by atoms with E-state index in [2.05, 4.69) is 12.2 Å². The van der Waals surface area contributed by atoms with Gasteiger partial charge in [0.05, 0.1) is 11.6 Å². The van der Waals surface area contributed by atoms with E-state index in [-0.39, 0.29) is 35.5 Å². The average molecular weight is 470 g/mol. The lowest BCUT2D eigenvalue weighted by atomic mass is 10.1. The summed E-state index contributed by atoms with van der Waals surface area (Å²) in [6, 6.07) is 10.4. The number of piperazine rings is 1. The molecule has 0 atom stereocenters. The first-order chi connectivity index (χ1) is 14.2. The van der Waals surface area contributed by atoms with Crippen molar-refractivity contribution in [2.45, 2.75) is 25.2 Å². The number of amides is 1. The fraction of sp³-hybridized carbons (Fsp3) is 0.381. The highest BCUT2D eigenvalue weighted by Gasteiger charge is 2.30. The molecule has 6 nitrogen and oxygen atoms in total. The number of para-hydroxylation sites is 1. The normalized spacial score (nSPS) is 15.9. The van der Waals surface area contributed by atoms with Crippen LogP contribution in [0.1, 0.15) is 18.1 Å². The first-order valence-electron chi connectivity index (χ1n) is 9.78. The van der Waals surface area contributed by atoms with Gasteiger partial charge in [0.25, 0.3) is 0 Å². The number of aryl methyl sites for hydroxylation is 2. The van der Waals surface area contributed by atoms with Gasteiger partial charge in [-0.15, -0.1) is 0 Å². The van der Waals surface area contributed by atoms with Gasteiger partial charge in [-0.1, -0.05) is 48.3 Å². The van der Waals surface area contributed by atoms with Crippen LogP contribution in [-0.2, 0) is 21.2 Å². The summed E-state index contributed by atoms with van der Waals surface area (Å²) in [6.45, 7) is 5.71. The minimum absolute atomic E-state index is 0.00880. The fourth-order valence-corrected chi connectivity index (χ4v) is 5.69. The number of hydrogen-bond acceptors (Lipinski definition) is 4. The predicted molar refractivity (Wildman–Crippen MR) is 121 cm³/mol. The third-order valence-electron chi connectivity index (χ3n) is 5.21. The number of carbonyl (C=O) groups is 1. The van der Waals surface area contributed by atoms with E-state index in [1.54, 1.807) is 6.07 Å². The molecule has 2 aromatic rings. The maximum Gasteiger partial charge on any atom is 0.244 e. The largest absolute Gasteiger partial charge is 0.324 e. The number of anilines is 1. The molecule has 1 fully saturated rings. The van der Waals surface area contributed by atoms with E-state index in [9.17, 15) is 13.2 Å². The van der Waals surface area contributed by atoms with Crippen LogP contribution in [0.25, 0.3) is 0 Å². The molecular formula is C21H25Cl2N3O3S. The molecule has 0 unspecified atom stereocenters. The van der Waals surface area contributed by atoms with Crippen molar-refractivity contribution in [1.29, 1.82) is 0 Å². The zero-order valence-electron chi connectivity index (χ0n) is 17.0. The van der Waals surface area contributed by atoms with Crippen molar-refractivity contribution < 1.29 is 13.2 Å². The van der Waals surface area contributed by atoms with Crippen LogP contribution < -0.4 is 5.32 Å². The Balaban J connectivity index is 1.61. The summed E-state index contributed by atoms with van der Waals surface area (Å²) < 4.78 is 27.2. The zero-order valence-corrected chi connectivity index (χ0v) is 19.3. The van der Waals surface area contributed by atoms with Crippen molar-refractivity contribution in [2.24, 2.45) is 0 Å². The van der Waals surface area contributed by atoms with Crippen LogP contribution in [0.3, 0.4) is 0 Å². The Hall–Kier alpha value is -1.64. The molecule has 2 aromatic carbocycles. The molecule has 1 saturated heterocycles. The maximum absolute atomic E-state index is 12.9. The molecule has 0 radical (unpaired) electrons. The molecule has 9 heteroatoms. The Bertz CT molecular complexity index is 1040. The zero-order chi connectivity index (χ0) is 21.9. The SMILES string of the molecule is CCc1cccc(C)c1NC(=O)CN1CCN(S(=O)(=O)c2cc(Cl)ccc2Cl)CC1. The van der Waals surface area contributed by atoms with E-state index in [0.29, 0.717) is 18.1 Å². The molecule has 30 heavy (non-hydrogen) atoms. The van der Waals surface area contributed by atoms with Gasteiger partial charge in [0.2, 0.25) is 15.9 Å². The van der Waals surface area contributed by atoms with Crippen LogP contribution in [0.15, 0.2) is 41.3 Å². The number of nitrogens with zero attached hydrogens (tertiary/aromatic N) is 2.